The Hall–Kier alpha value is -3.09. The fourth-order valence-electron chi connectivity index (χ4n) is 4.88. The molecule has 2 aromatic carbocycles. The van der Waals surface area contributed by atoms with Gasteiger partial charge in [-0.15, -0.1) is 0 Å². The maximum atomic E-state index is 14.9. The van der Waals surface area contributed by atoms with E-state index in [0.29, 0.717) is 0 Å². The van der Waals surface area contributed by atoms with Crippen LogP contribution in [-0.2, 0) is 29.4 Å². The third kappa shape index (κ3) is 4.80. The Balaban J connectivity index is 1.83. The third-order valence-electron chi connectivity index (χ3n) is 6.75. The van der Waals surface area contributed by atoms with Crippen molar-refractivity contribution in [3.05, 3.63) is 71.0 Å². The lowest BCUT2D eigenvalue weighted by Crippen LogP contribution is -2.40. The summed E-state index contributed by atoms with van der Waals surface area (Å²) in [6, 6.07) is 8.41. The molecule has 37 heavy (non-hydrogen) atoms. The quantitative estimate of drug-likeness (QED) is 0.319. The van der Waals surface area contributed by atoms with Crippen LogP contribution in [0.3, 0.4) is 0 Å². The number of ketones is 1. The molecule has 4 rings (SSSR count). The first-order valence-electron chi connectivity index (χ1n) is 11.8. The number of sulfone groups is 1. The Morgan fingerprint density at radius 3 is 2.24 bits per heavy atom. The Morgan fingerprint density at radius 2 is 1.70 bits per heavy atom. The Kier molecular flexibility index (Phi) is 7.28. The van der Waals surface area contributed by atoms with E-state index < -0.39 is 60.8 Å². The van der Waals surface area contributed by atoms with E-state index in [2.05, 4.69) is 0 Å². The molecule has 12 heteroatoms. The first-order valence-corrected chi connectivity index (χ1v) is 15.0. The van der Waals surface area contributed by atoms with Crippen LogP contribution < -0.4 is 0 Å². The van der Waals surface area contributed by atoms with Crippen molar-refractivity contribution in [1.82, 2.24) is 9.21 Å². The monoisotopic (exact) mass is 550 g/mol. The Morgan fingerprint density at radius 1 is 1.08 bits per heavy atom. The molecule has 0 bridgehead atoms. The van der Waals surface area contributed by atoms with Gasteiger partial charge in [0.2, 0.25) is 10.0 Å². The van der Waals surface area contributed by atoms with Crippen LogP contribution in [0.5, 0.6) is 0 Å². The van der Waals surface area contributed by atoms with Gasteiger partial charge in [0.1, 0.15) is 11.6 Å². The van der Waals surface area contributed by atoms with Crippen molar-refractivity contribution < 1.29 is 35.9 Å². The van der Waals surface area contributed by atoms with Crippen molar-refractivity contribution in [3.63, 3.8) is 0 Å². The standard InChI is InChI=1S/C25H27FN2O7S2/c1-3-27(4-2)37(34,35)18-11-9-16(10-12-18)23(29)21-22(19-7-5-6-8-20(19)26)28(25(31)24(21)30)17-13-14-36(32,33)15-17/h5-12,17,22,29H,3-4,13-15H2,1-2H3. The molecule has 9 nitrogen and oxygen atoms in total. The lowest BCUT2D eigenvalue weighted by atomic mass is 9.94. The fourth-order valence-corrected chi connectivity index (χ4v) is 8.05. The van der Waals surface area contributed by atoms with Gasteiger partial charge >= 0.3 is 0 Å². The molecule has 0 aromatic heterocycles. The summed E-state index contributed by atoms with van der Waals surface area (Å²) in [6.45, 7) is 3.95. The number of aliphatic hydroxyl groups excluding tert-OH is 1. The first-order chi connectivity index (χ1) is 17.4. The average molecular weight is 551 g/mol. The molecule has 2 atom stereocenters. The van der Waals surface area contributed by atoms with Gasteiger partial charge in [-0.05, 0) is 36.8 Å². The molecule has 2 fully saturated rings. The van der Waals surface area contributed by atoms with Crippen molar-refractivity contribution in [1.29, 1.82) is 0 Å². The summed E-state index contributed by atoms with van der Waals surface area (Å²) in [7, 11) is -7.22. The van der Waals surface area contributed by atoms with Crippen LogP contribution >= 0.6 is 0 Å². The van der Waals surface area contributed by atoms with Crippen LogP contribution in [0.15, 0.2) is 59.0 Å². The zero-order chi connectivity index (χ0) is 27.1. The van der Waals surface area contributed by atoms with E-state index in [-0.39, 0.29) is 47.0 Å². The number of carbonyl (C=O) groups excluding carboxylic acids is 2. The van der Waals surface area contributed by atoms with E-state index in [1.165, 1.54) is 46.8 Å². The van der Waals surface area contributed by atoms with Gasteiger partial charge < -0.3 is 10.0 Å². The SMILES string of the molecule is CCN(CC)S(=O)(=O)c1ccc(C(O)=C2C(=O)C(=O)N(C3CCS(=O)(=O)C3)C2c2ccccc2F)cc1. The number of carbonyl (C=O) groups is 2. The normalized spacial score (nSPS) is 23.2. The number of aliphatic hydroxyl groups is 1. The molecule has 2 unspecified atom stereocenters. The number of likely N-dealkylation sites (tertiary alicyclic amines) is 1. The largest absolute Gasteiger partial charge is 0.507 e. The molecule has 0 aliphatic carbocycles. The number of nitrogens with zero attached hydrogens (tertiary/aromatic N) is 2. The van der Waals surface area contributed by atoms with Crippen LogP contribution in [0.2, 0.25) is 0 Å². The van der Waals surface area contributed by atoms with Crippen LogP contribution in [0.1, 0.15) is 37.4 Å². The van der Waals surface area contributed by atoms with Gasteiger partial charge in [-0.25, -0.2) is 21.2 Å². The molecule has 0 spiro atoms. The topological polar surface area (TPSA) is 129 Å². The summed E-state index contributed by atoms with van der Waals surface area (Å²) < 4.78 is 66.0. The molecule has 2 saturated heterocycles. The van der Waals surface area contributed by atoms with Gasteiger partial charge in [0.25, 0.3) is 11.7 Å². The van der Waals surface area contributed by atoms with E-state index in [1.54, 1.807) is 13.8 Å². The minimum absolute atomic E-state index is 0.0185. The molecular weight excluding hydrogens is 523 g/mol. The second-order valence-electron chi connectivity index (χ2n) is 8.90. The van der Waals surface area contributed by atoms with Gasteiger partial charge in [0.15, 0.2) is 9.84 Å². The number of benzene rings is 2. The summed E-state index contributed by atoms with van der Waals surface area (Å²) in [5.41, 5.74) is -0.399. The number of hydrogen-bond acceptors (Lipinski definition) is 7. The summed E-state index contributed by atoms with van der Waals surface area (Å²) >= 11 is 0. The number of halogens is 1. The number of hydrogen-bond donors (Lipinski definition) is 1. The Labute approximate surface area is 215 Å². The smallest absolute Gasteiger partial charge is 0.295 e. The fraction of sp³-hybridized carbons (Fsp3) is 0.360. The summed E-state index contributed by atoms with van der Waals surface area (Å²) in [5.74, 6) is -3.99. The molecule has 198 valence electrons. The van der Waals surface area contributed by atoms with Crippen LogP contribution in [0, 0.1) is 5.82 Å². The van der Waals surface area contributed by atoms with E-state index >= 15 is 0 Å². The molecular formula is C25H27FN2O7S2. The molecule has 2 heterocycles. The van der Waals surface area contributed by atoms with Crippen molar-refractivity contribution in [3.8, 4) is 0 Å². The maximum absolute atomic E-state index is 14.9. The highest BCUT2D eigenvalue weighted by atomic mass is 32.2. The predicted molar refractivity (Wildman–Crippen MR) is 134 cm³/mol. The summed E-state index contributed by atoms with van der Waals surface area (Å²) in [6.07, 6.45) is 0.0816. The second-order valence-corrected chi connectivity index (χ2v) is 13.1. The van der Waals surface area contributed by atoms with Gasteiger partial charge in [0.05, 0.1) is 28.0 Å². The highest BCUT2D eigenvalue weighted by Gasteiger charge is 2.51. The summed E-state index contributed by atoms with van der Waals surface area (Å²) in [4.78, 5) is 27.3. The van der Waals surface area contributed by atoms with Crippen molar-refractivity contribution in [2.24, 2.45) is 0 Å². The Bertz CT molecular complexity index is 1480. The minimum Gasteiger partial charge on any atom is -0.507 e. The molecule has 1 N–H and O–H groups in total. The van der Waals surface area contributed by atoms with Crippen molar-refractivity contribution in [2.45, 2.75) is 37.2 Å². The van der Waals surface area contributed by atoms with Crippen LogP contribution in [-0.4, -0.2) is 73.5 Å². The summed E-state index contributed by atoms with van der Waals surface area (Å²) in [5, 5.41) is 11.2. The average Bonchev–Trinajstić information content (AvgIpc) is 3.35. The lowest BCUT2D eigenvalue weighted by molar-refractivity contribution is -0.141. The molecule has 0 saturated carbocycles. The zero-order valence-corrected chi connectivity index (χ0v) is 21.9. The zero-order valence-electron chi connectivity index (χ0n) is 20.3. The number of Topliss-reactive ketones (excluding diaryl/α,β-unsaturated/α-hetero) is 1. The van der Waals surface area contributed by atoms with E-state index in [1.807, 2.05) is 0 Å². The third-order valence-corrected chi connectivity index (χ3v) is 10.6. The van der Waals surface area contributed by atoms with Gasteiger partial charge in [-0.3, -0.25) is 9.59 Å². The number of rotatable bonds is 7. The van der Waals surface area contributed by atoms with E-state index in [9.17, 15) is 35.9 Å². The van der Waals surface area contributed by atoms with Gasteiger partial charge in [-0.1, -0.05) is 32.0 Å². The molecule has 2 aliphatic heterocycles. The molecule has 2 aliphatic rings. The maximum Gasteiger partial charge on any atom is 0.295 e. The first kappa shape index (κ1) is 27.0. The van der Waals surface area contributed by atoms with Crippen molar-refractivity contribution in [2.75, 3.05) is 24.6 Å². The predicted octanol–water partition coefficient (Wildman–Crippen LogP) is 2.47. The highest BCUT2D eigenvalue weighted by Crippen LogP contribution is 2.43. The van der Waals surface area contributed by atoms with Gasteiger partial charge in [-0.2, -0.15) is 4.31 Å². The minimum atomic E-state index is -3.77. The molecule has 2 aromatic rings. The van der Waals surface area contributed by atoms with E-state index in [4.69, 9.17) is 0 Å². The van der Waals surface area contributed by atoms with Gasteiger partial charge in [0, 0.05) is 30.3 Å². The number of amides is 1. The number of sulfonamides is 1. The molecule has 0 radical (unpaired) electrons. The second kappa shape index (κ2) is 9.99. The van der Waals surface area contributed by atoms with Crippen LogP contribution in [0.4, 0.5) is 4.39 Å². The van der Waals surface area contributed by atoms with Crippen LogP contribution in [0.25, 0.3) is 5.76 Å². The highest BCUT2D eigenvalue weighted by molar-refractivity contribution is 7.91. The molecule has 1 amide bonds. The lowest BCUT2D eigenvalue weighted by Gasteiger charge is -2.30. The van der Waals surface area contributed by atoms with E-state index in [0.717, 1.165) is 11.0 Å². The van der Waals surface area contributed by atoms with Crippen molar-refractivity contribution >= 4 is 37.3 Å².